The molecule has 1 unspecified atom stereocenters. The van der Waals surface area contributed by atoms with Crippen LogP contribution < -0.4 is 10.1 Å². The number of aromatic nitrogens is 3. The predicted molar refractivity (Wildman–Crippen MR) is 86.3 cm³/mol. The van der Waals surface area contributed by atoms with Crippen LogP contribution in [0.5, 0.6) is 5.75 Å². The van der Waals surface area contributed by atoms with Gasteiger partial charge in [-0.05, 0) is 19.1 Å². The zero-order valence-corrected chi connectivity index (χ0v) is 13.9. The molecule has 0 fully saturated rings. The molecule has 2 aromatic heterocycles. The number of carbonyl (C=O) groups is 1. The first kappa shape index (κ1) is 17.5. The number of carbonyl (C=O) groups excluding carboxylic acids is 1. The van der Waals surface area contributed by atoms with Gasteiger partial charge in [0.15, 0.2) is 0 Å². The van der Waals surface area contributed by atoms with Crippen molar-refractivity contribution in [3.05, 3.63) is 59.6 Å². The van der Waals surface area contributed by atoms with Gasteiger partial charge in [0.25, 0.3) is 5.91 Å². The number of benzene rings is 1. The van der Waals surface area contributed by atoms with Crippen LogP contribution in [0.3, 0.4) is 0 Å². The largest absolute Gasteiger partial charge is 0.497 e. The fourth-order valence-corrected chi connectivity index (χ4v) is 2.23. The van der Waals surface area contributed by atoms with Crippen LogP contribution >= 0.6 is 0 Å². The highest BCUT2D eigenvalue weighted by Crippen LogP contribution is 2.22. The maximum absolute atomic E-state index is 14.0. The molecule has 134 valence electrons. The van der Waals surface area contributed by atoms with Crippen molar-refractivity contribution in [2.75, 3.05) is 7.11 Å². The van der Waals surface area contributed by atoms with Gasteiger partial charge < -0.3 is 14.6 Å². The summed E-state index contributed by atoms with van der Waals surface area (Å²) >= 11 is 0. The van der Waals surface area contributed by atoms with Crippen molar-refractivity contribution in [2.45, 2.75) is 13.0 Å². The fourth-order valence-electron chi connectivity index (χ4n) is 2.23. The first-order valence-corrected chi connectivity index (χ1v) is 7.58. The Labute approximate surface area is 147 Å². The van der Waals surface area contributed by atoms with Gasteiger partial charge in [-0.15, -0.1) is 0 Å². The van der Waals surface area contributed by atoms with Crippen LogP contribution in [-0.2, 0) is 0 Å². The highest BCUT2D eigenvalue weighted by atomic mass is 19.1. The number of amides is 1. The second-order valence-electron chi connectivity index (χ2n) is 5.33. The smallest absolute Gasteiger partial charge is 0.257 e. The standard InChI is InChI=1S/C17H14F2N4O3/c1-9(17-22-15(23-26-17)13-5-3-4-6-20-13)21-16(24)14-11(18)7-10(25-2)8-12(14)19/h3-9H,1-2H3,(H,21,24). The zero-order valence-electron chi connectivity index (χ0n) is 13.9. The normalized spacial score (nSPS) is 11.8. The lowest BCUT2D eigenvalue weighted by Crippen LogP contribution is -2.28. The van der Waals surface area contributed by atoms with Crippen molar-refractivity contribution < 1.29 is 22.8 Å². The first-order valence-electron chi connectivity index (χ1n) is 7.58. The summed E-state index contributed by atoms with van der Waals surface area (Å²) in [6.45, 7) is 1.55. The summed E-state index contributed by atoms with van der Waals surface area (Å²) < 4.78 is 37.8. The van der Waals surface area contributed by atoms with E-state index in [9.17, 15) is 13.6 Å². The molecule has 3 rings (SSSR count). The van der Waals surface area contributed by atoms with E-state index in [4.69, 9.17) is 9.26 Å². The van der Waals surface area contributed by atoms with Gasteiger partial charge in [0, 0.05) is 18.3 Å². The molecule has 1 atom stereocenters. The van der Waals surface area contributed by atoms with Crippen LogP contribution in [0.4, 0.5) is 8.78 Å². The van der Waals surface area contributed by atoms with Crippen molar-refractivity contribution in [3.63, 3.8) is 0 Å². The maximum Gasteiger partial charge on any atom is 0.257 e. The van der Waals surface area contributed by atoms with E-state index in [-0.39, 0.29) is 17.5 Å². The number of hydrogen-bond acceptors (Lipinski definition) is 6. The number of ether oxygens (including phenoxy) is 1. The van der Waals surface area contributed by atoms with E-state index in [0.717, 1.165) is 12.1 Å². The topological polar surface area (TPSA) is 90.1 Å². The Morgan fingerprint density at radius 2 is 2.00 bits per heavy atom. The quantitative estimate of drug-likeness (QED) is 0.752. The van der Waals surface area contributed by atoms with Crippen LogP contribution in [0.2, 0.25) is 0 Å². The first-order chi connectivity index (χ1) is 12.5. The van der Waals surface area contributed by atoms with Gasteiger partial charge >= 0.3 is 0 Å². The van der Waals surface area contributed by atoms with Gasteiger partial charge in [-0.2, -0.15) is 4.98 Å². The Bertz CT molecular complexity index is 908. The summed E-state index contributed by atoms with van der Waals surface area (Å²) in [5, 5.41) is 6.20. The molecule has 0 aliphatic rings. The van der Waals surface area contributed by atoms with E-state index >= 15 is 0 Å². The molecule has 9 heteroatoms. The summed E-state index contributed by atoms with van der Waals surface area (Å²) in [5.74, 6) is -2.73. The number of hydrogen-bond donors (Lipinski definition) is 1. The molecule has 1 amide bonds. The van der Waals surface area contributed by atoms with Crippen LogP contribution in [0, 0.1) is 11.6 Å². The van der Waals surface area contributed by atoms with Gasteiger partial charge in [0.05, 0.1) is 7.11 Å². The van der Waals surface area contributed by atoms with Crippen molar-refractivity contribution in [1.82, 2.24) is 20.4 Å². The van der Waals surface area contributed by atoms with E-state index in [2.05, 4.69) is 20.4 Å². The van der Waals surface area contributed by atoms with E-state index in [1.165, 1.54) is 7.11 Å². The van der Waals surface area contributed by atoms with Crippen molar-refractivity contribution in [1.29, 1.82) is 0 Å². The Hall–Kier alpha value is -3.36. The highest BCUT2D eigenvalue weighted by molar-refractivity contribution is 5.95. The zero-order chi connectivity index (χ0) is 18.7. The van der Waals surface area contributed by atoms with Crippen LogP contribution in [0.25, 0.3) is 11.5 Å². The molecule has 3 aromatic rings. The van der Waals surface area contributed by atoms with Gasteiger partial charge in [-0.25, -0.2) is 8.78 Å². The average molecular weight is 360 g/mol. The molecule has 0 saturated carbocycles. The molecule has 0 aliphatic heterocycles. The van der Waals surface area contributed by atoms with E-state index < -0.39 is 29.1 Å². The summed E-state index contributed by atoms with van der Waals surface area (Å²) in [6, 6.07) is 6.28. The molecule has 26 heavy (non-hydrogen) atoms. The molecule has 2 heterocycles. The molecule has 0 aliphatic carbocycles. The lowest BCUT2D eigenvalue weighted by atomic mass is 10.1. The van der Waals surface area contributed by atoms with E-state index in [0.29, 0.717) is 5.69 Å². The molecule has 1 N–H and O–H groups in total. The number of halogens is 2. The molecular formula is C17H14F2N4O3. The van der Waals surface area contributed by atoms with Gasteiger partial charge in [-0.3, -0.25) is 9.78 Å². The third-order valence-electron chi connectivity index (χ3n) is 3.53. The van der Waals surface area contributed by atoms with Gasteiger partial charge in [-0.1, -0.05) is 11.2 Å². The Morgan fingerprint density at radius 3 is 2.62 bits per heavy atom. The lowest BCUT2D eigenvalue weighted by molar-refractivity contribution is 0.0924. The fraction of sp³-hybridized carbons (Fsp3) is 0.176. The summed E-state index contributed by atoms with van der Waals surface area (Å²) in [4.78, 5) is 20.4. The summed E-state index contributed by atoms with van der Waals surface area (Å²) in [7, 11) is 1.27. The minimum Gasteiger partial charge on any atom is -0.497 e. The Kier molecular flexibility index (Phi) is 4.87. The predicted octanol–water partition coefficient (Wildman–Crippen LogP) is 2.91. The molecule has 0 spiro atoms. The van der Waals surface area contributed by atoms with E-state index in [1.807, 2.05) is 0 Å². The number of nitrogens with zero attached hydrogens (tertiary/aromatic N) is 3. The molecule has 7 nitrogen and oxygen atoms in total. The Morgan fingerprint density at radius 1 is 1.27 bits per heavy atom. The maximum atomic E-state index is 14.0. The molecule has 0 radical (unpaired) electrons. The van der Waals surface area contributed by atoms with Crippen molar-refractivity contribution in [3.8, 4) is 17.3 Å². The molecule has 0 saturated heterocycles. The second-order valence-corrected chi connectivity index (χ2v) is 5.33. The van der Waals surface area contributed by atoms with Gasteiger partial charge in [0.2, 0.25) is 11.7 Å². The molecule has 0 bridgehead atoms. The SMILES string of the molecule is COc1cc(F)c(C(=O)NC(C)c2nc(-c3ccccn3)no2)c(F)c1. The van der Waals surface area contributed by atoms with Crippen molar-refractivity contribution >= 4 is 5.91 Å². The number of nitrogens with one attached hydrogen (secondary N) is 1. The highest BCUT2D eigenvalue weighted by Gasteiger charge is 2.23. The van der Waals surface area contributed by atoms with Gasteiger partial charge in [0.1, 0.15) is 34.7 Å². The Balaban J connectivity index is 1.77. The lowest BCUT2D eigenvalue weighted by Gasteiger charge is -2.11. The van der Waals surface area contributed by atoms with Crippen LogP contribution in [0.1, 0.15) is 29.2 Å². The third kappa shape index (κ3) is 3.51. The molecular weight excluding hydrogens is 346 g/mol. The molecule has 1 aromatic carbocycles. The van der Waals surface area contributed by atoms with Crippen LogP contribution in [-0.4, -0.2) is 28.1 Å². The number of pyridine rings is 1. The average Bonchev–Trinajstić information content (AvgIpc) is 3.12. The second kappa shape index (κ2) is 7.26. The summed E-state index contributed by atoms with van der Waals surface area (Å²) in [6.07, 6.45) is 1.58. The number of methoxy groups -OCH3 is 1. The number of rotatable bonds is 5. The summed E-state index contributed by atoms with van der Waals surface area (Å²) in [5.41, 5.74) is -0.226. The minimum absolute atomic E-state index is 0.0264. The monoisotopic (exact) mass is 360 g/mol. The van der Waals surface area contributed by atoms with Crippen LogP contribution in [0.15, 0.2) is 41.1 Å². The minimum atomic E-state index is -1.04. The van der Waals surface area contributed by atoms with E-state index in [1.54, 1.807) is 31.3 Å². The van der Waals surface area contributed by atoms with Crippen molar-refractivity contribution in [2.24, 2.45) is 0 Å². The third-order valence-corrected chi connectivity index (χ3v) is 3.53.